The van der Waals surface area contributed by atoms with E-state index in [0.717, 1.165) is 17.8 Å². The average Bonchev–Trinajstić information content (AvgIpc) is 2.92. The molecule has 1 atom stereocenters. The van der Waals surface area contributed by atoms with Crippen LogP contribution < -0.4 is 0 Å². The van der Waals surface area contributed by atoms with E-state index in [1.165, 1.54) is 0 Å². The number of nitrogens with zero attached hydrogens (tertiary/aromatic N) is 4. The van der Waals surface area contributed by atoms with Crippen LogP contribution in [0.3, 0.4) is 0 Å². The molecule has 1 saturated heterocycles. The van der Waals surface area contributed by atoms with E-state index in [9.17, 15) is 9.59 Å². The van der Waals surface area contributed by atoms with E-state index in [0.29, 0.717) is 13.0 Å². The van der Waals surface area contributed by atoms with E-state index < -0.39 is 5.54 Å². The van der Waals surface area contributed by atoms with Crippen LogP contribution in [0.25, 0.3) is 0 Å². The number of amides is 2. The molecule has 0 saturated carbocycles. The second-order valence-electron chi connectivity index (χ2n) is 6.21. The SMILES string of the molecule is Cc1cc(C)n(CC(=O)N2CCCC2(C)C(=O)N(C)C)n1. The Morgan fingerprint density at radius 2 is 2.05 bits per heavy atom. The van der Waals surface area contributed by atoms with Crippen LogP contribution >= 0.6 is 0 Å². The molecule has 116 valence electrons. The minimum Gasteiger partial charge on any atom is -0.347 e. The molecule has 1 aromatic rings. The van der Waals surface area contributed by atoms with Gasteiger partial charge < -0.3 is 9.80 Å². The first kappa shape index (κ1) is 15.5. The Morgan fingerprint density at radius 1 is 1.38 bits per heavy atom. The number of likely N-dealkylation sites (tertiary alicyclic amines) is 1. The fourth-order valence-corrected chi connectivity index (χ4v) is 3.12. The summed E-state index contributed by atoms with van der Waals surface area (Å²) in [6.45, 7) is 6.52. The molecule has 2 rings (SSSR count). The number of likely N-dealkylation sites (N-methyl/N-ethyl adjacent to an activating group) is 1. The van der Waals surface area contributed by atoms with Crippen LogP contribution in [0.5, 0.6) is 0 Å². The maximum Gasteiger partial charge on any atom is 0.247 e. The second kappa shape index (κ2) is 5.50. The number of rotatable bonds is 3. The Morgan fingerprint density at radius 3 is 2.57 bits per heavy atom. The molecule has 2 heterocycles. The number of aromatic nitrogens is 2. The Labute approximate surface area is 125 Å². The van der Waals surface area contributed by atoms with Crippen LogP contribution in [0.15, 0.2) is 6.07 Å². The summed E-state index contributed by atoms with van der Waals surface area (Å²) in [6.07, 6.45) is 1.58. The Bertz CT molecular complexity index is 564. The van der Waals surface area contributed by atoms with Crippen molar-refractivity contribution in [1.29, 1.82) is 0 Å². The number of hydrogen-bond donors (Lipinski definition) is 0. The van der Waals surface area contributed by atoms with Gasteiger partial charge in [-0.2, -0.15) is 5.10 Å². The Kier molecular flexibility index (Phi) is 4.07. The van der Waals surface area contributed by atoms with Gasteiger partial charge in [0.1, 0.15) is 12.1 Å². The van der Waals surface area contributed by atoms with Crippen LogP contribution in [0, 0.1) is 13.8 Å². The maximum absolute atomic E-state index is 12.6. The third-order valence-corrected chi connectivity index (χ3v) is 4.20. The summed E-state index contributed by atoms with van der Waals surface area (Å²) < 4.78 is 1.70. The molecule has 1 aliphatic rings. The molecule has 0 aliphatic carbocycles. The van der Waals surface area contributed by atoms with Gasteiger partial charge in [-0.1, -0.05) is 0 Å². The average molecular weight is 292 g/mol. The van der Waals surface area contributed by atoms with Gasteiger partial charge in [0.05, 0.1) is 5.69 Å². The fraction of sp³-hybridized carbons (Fsp3) is 0.667. The van der Waals surface area contributed by atoms with Crippen molar-refractivity contribution in [2.45, 2.75) is 45.7 Å². The molecule has 0 bridgehead atoms. The number of carbonyl (C=O) groups is 2. The highest BCUT2D eigenvalue weighted by Crippen LogP contribution is 2.30. The quantitative estimate of drug-likeness (QED) is 0.834. The molecule has 6 heteroatoms. The molecule has 1 aromatic heterocycles. The van der Waals surface area contributed by atoms with Crippen LogP contribution in [0.2, 0.25) is 0 Å². The summed E-state index contributed by atoms with van der Waals surface area (Å²) in [5.74, 6) is -0.0573. The van der Waals surface area contributed by atoms with Gasteiger partial charge in [-0.3, -0.25) is 14.3 Å². The monoisotopic (exact) mass is 292 g/mol. The van der Waals surface area contributed by atoms with Crippen molar-refractivity contribution in [2.75, 3.05) is 20.6 Å². The lowest BCUT2D eigenvalue weighted by molar-refractivity contribution is -0.149. The highest BCUT2D eigenvalue weighted by atomic mass is 16.2. The highest BCUT2D eigenvalue weighted by Gasteiger charge is 2.46. The summed E-state index contributed by atoms with van der Waals surface area (Å²) in [4.78, 5) is 28.3. The van der Waals surface area contributed by atoms with Crippen LogP contribution in [-0.2, 0) is 16.1 Å². The summed E-state index contributed by atoms with van der Waals surface area (Å²) in [6, 6.07) is 1.95. The second-order valence-corrected chi connectivity index (χ2v) is 6.21. The van der Waals surface area contributed by atoms with Gasteiger partial charge in [0.25, 0.3) is 0 Å². The fourth-order valence-electron chi connectivity index (χ4n) is 3.12. The van der Waals surface area contributed by atoms with Gasteiger partial charge in [-0.05, 0) is 39.7 Å². The molecule has 21 heavy (non-hydrogen) atoms. The Hall–Kier alpha value is -1.85. The molecular weight excluding hydrogens is 268 g/mol. The van der Waals surface area contributed by atoms with Crippen molar-refractivity contribution in [3.05, 3.63) is 17.5 Å². The van der Waals surface area contributed by atoms with Crippen molar-refractivity contribution in [1.82, 2.24) is 19.6 Å². The van der Waals surface area contributed by atoms with E-state index in [1.807, 2.05) is 26.8 Å². The zero-order chi connectivity index (χ0) is 15.8. The van der Waals surface area contributed by atoms with Crippen LogP contribution in [-0.4, -0.2) is 57.6 Å². The van der Waals surface area contributed by atoms with Crippen molar-refractivity contribution < 1.29 is 9.59 Å². The van der Waals surface area contributed by atoms with Gasteiger partial charge >= 0.3 is 0 Å². The lowest BCUT2D eigenvalue weighted by Crippen LogP contribution is -2.55. The van der Waals surface area contributed by atoms with Gasteiger partial charge in [0.2, 0.25) is 11.8 Å². The standard InChI is InChI=1S/C15H24N4O2/c1-11-9-12(2)19(16-11)10-13(20)18-8-6-7-15(18,3)14(21)17(4)5/h9H,6-8,10H2,1-5H3. The molecule has 1 fully saturated rings. The molecule has 0 aromatic carbocycles. The van der Waals surface area contributed by atoms with Crippen molar-refractivity contribution in [2.24, 2.45) is 0 Å². The van der Waals surface area contributed by atoms with Gasteiger partial charge in [0.15, 0.2) is 0 Å². The summed E-state index contributed by atoms with van der Waals surface area (Å²) in [7, 11) is 3.46. The van der Waals surface area contributed by atoms with E-state index in [1.54, 1.807) is 28.6 Å². The van der Waals surface area contributed by atoms with Gasteiger partial charge in [-0.15, -0.1) is 0 Å². The molecule has 1 aliphatic heterocycles. The summed E-state index contributed by atoms with van der Waals surface area (Å²) in [5.41, 5.74) is 1.13. The minimum atomic E-state index is -0.726. The molecule has 0 spiro atoms. The number of hydrogen-bond acceptors (Lipinski definition) is 3. The molecule has 2 amide bonds. The first-order valence-corrected chi connectivity index (χ1v) is 7.29. The third kappa shape index (κ3) is 2.80. The normalized spacial score (nSPS) is 21.7. The van der Waals surface area contributed by atoms with E-state index in [4.69, 9.17) is 0 Å². The highest BCUT2D eigenvalue weighted by molar-refractivity contribution is 5.91. The van der Waals surface area contributed by atoms with Crippen molar-refractivity contribution >= 4 is 11.8 Å². The van der Waals surface area contributed by atoms with Crippen LogP contribution in [0.1, 0.15) is 31.2 Å². The first-order chi connectivity index (χ1) is 9.75. The molecule has 6 nitrogen and oxygen atoms in total. The van der Waals surface area contributed by atoms with E-state index >= 15 is 0 Å². The molecule has 1 unspecified atom stereocenters. The van der Waals surface area contributed by atoms with E-state index in [-0.39, 0.29) is 18.4 Å². The van der Waals surface area contributed by atoms with Crippen molar-refractivity contribution in [3.63, 3.8) is 0 Å². The third-order valence-electron chi connectivity index (χ3n) is 4.20. The lowest BCUT2D eigenvalue weighted by Gasteiger charge is -2.35. The molecule has 0 N–H and O–H groups in total. The van der Waals surface area contributed by atoms with E-state index in [2.05, 4.69) is 5.10 Å². The predicted octanol–water partition coefficient (Wildman–Crippen LogP) is 0.969. The Balaban J connectivity index is 2.18. The predicted molar refractivity (Wildman–Crippen MR) is 79.7 cm³/mol. The van der Waals surface area contributed by atoms with Gasteiger partial charge in [0, 0.05) is 26.3 Å². The van der Waals surface area contributed by atoms with Gasteiger partial charge in [-0.25, -0.2) is 0 Å². The molecule has 0 radical (unpaired) electrons. The summed E-state index contributed by atoms with van der Waals surface area (Å²) >= 11 is 0. The lowest BCUT2D eigenvalue weighted by atomic mass is 9.97. The zero-order valence-corrected chi connectivity index (χ0v) is 13.5. The number of carbonyl (C=O) groups excluding carboxylic acids is 2. The first-order valence-electron chi connectivity index (χ1n) is 7.29. The smallest absolute Gasteiger partial charge is 0.247 e. The number of aryl methyl sites for hydroxylation is 2. The zero-order valence-electron chi connectivity index (χ0n) is 13.5. The largest absolute Gasteiger partial charge is 0.347 e. The summed E-state index contributed by atoms with van der Waals surface area (Å²) in [5, 5.41) is 4.32. The topological polar surface area (TPSA) is 58.4 Å². The maximum atomic E-state index is 12.6. The van der Waals surface area contributed by atoms with Crippen molar-refractivity contribution in [3.8, 4) is 0 Å². The minimum absolute atomic E-state index is 0.0123. The van der Waals surface area contributed by atoms with Crippen LogP contribution in [0.4, 0.5) is 0 Å². The molecular formula is C15H24N4O2.